The molecule has 1 fully saturated rings. The van der Waals surface area contributed by atoms with Crippen LogP contribution in [0.25, 0.3) is 0 Å². The minimum absolute atomic E-state index is 0.145. The number of aromatic hydroxyl groups is 1. The summed E-state index contributed by atoms with van der Waals surface area (Å²) >= 11 is 3.74. The largest absolute Gasteiger partial charge is 0.508 e. The van der Waals surface area contributed by atoms with Gasteiger partial charge in [0.2, 0.25) is 0 Å². The molecule has 4 unspecified atom stereocenters. The van der Waals surface area contributed by atoms with Gasteiger partial charge in [0.15, 0.2) is 0 Å². The van der Waals surface area contributed by atoms with Crippen LogP contribution in [0.4, 0.5) is 0 Å². The van der Waals surface area contributed by atoms with Crippen molar-refractivity contribution in [3.05, 3.63) is 39.4 Å². The van der Waals surface area contributed by atoms with E-state index >= 15 is 0 Å². The summed E-state index contributed by atoms with van der Waals surface area (Å²) in [5.74, 6) is 2.20. The molecule has 4 atom stereocenters. The van der Waals surface area contributed by atoms with Crippen LogP contribution in [0.1, 0.15) is 49.7 Å². The maximum absolute atomic E-state index is 11.4. The lowest BCUT2D eigenvalue weighted by Gasteiger charge is -2.49. The summed E-state index contributed by atoms with van der Waals surface area (Å²) < 4.78 is 1.16. The van der Waals surface area contributed by atoms with Gasteiger partial charge in [0, 0.05) is 15.5 Å². The zero-order valence-corrected chi connectivity index (χ0v) is 14.4. The van der Waals surface area contributed by atoms with Gasteiger partial charge in [-0.15, -0.1) is 0 Å². The Morgan fingerprint density at radius 3 is 2.95 bits per heavy atom. The molecule has 3 aliphatic carbocycles. The smallest absolute Gasteiger partial charge is 0.146 e. The third kappa shape index (κ3) is 1.87. The molecule has 0 spiro atoms. The molecule has 3 heteroatoms. The third-order valence-electron chi connectivity index (χ3n) is 6.47. The quantitative estimate of drug-likeness (QED) is 0.736. The van der Waals surface area contributed by atoms with Crippen molar-refractivity contribution >= 4 is 22.2 Å². The van der Waals surface area contributed by atoms with E-state index in [1.165, 1.54) is 24.0 Å². The molecule has 0 aliphatic heterocycles. The molecule has 0 radical (unpaired) electrons. The maximum Gasteiger partial charge on any atom is 0.146 e. The highest BCUT2D eigenvalue weighted by atomic mass is 79.9. The van der Waals surface area contributed by atoms with Crippen LogP contribution >= 0.6 is 15.9 Å². The van der Waals surface area contributed by atoms with E-state index in [1.54, 1.807) is 0 Å². The van der Waals surface area contributed by atoms with Crippen molar-refractivity contribution in [2.75, 3.05) is 0 Å². The van der Waals surface area contributed by atoms with Gasteiger partial charge in [0.05, 0.1) is 0 Å². The Morgan fingerprint density at radius 1 is 1.36 bits per heavy atom. The van der Waals surface area contributed by atoms with E-state index in [2.05, 4.69) is 28.9 Å². The standard InChI is InChI=1S/C19H21BrO2/c1-19-7-6-15-14-5-3-13(22)8-11(14)2-4-16(15)17(19)9-12(10-21)18(19)20/h3,5,8,10,15-17,22H,2,4,6-7,9H2,1H3. The molecule has 1 N–H and O–H groups in total. The van der Waals surface area contributed by atoms with Crippen LogP contribution in [0.15, 0.2) is 28.3 Å². The third-order valence-corrected chi connectivity index (χ3v) is 7.88. The molecule has 0 heterocycles. The second-order valence-corrected chi connectivity index (χ2v) is 8.21. The maximum atomic E-state index is 11.4. The Labute approximate surface area is 139 Å². The van der Waals surface area contributed by atoms with Gasteiger partial charge in [-0.2, -0.15) is 0 Å². The monoisotopic (exact) mass is 360 g/mol. The van der Waals surface area contributed by atoms with Gasteiger partial charge in [-0.05, 0) is 73.1 Å². The predicted octanol–water partition coefficient (Wildman–Crippen LogP) is 4.71. The normalized spacial score (nSPS) is 36.5. The molecule has 22 heavy (non-hydrogen) atoms. The van der Waals surface area contributed by atoms with Gasteiger partial charge in [-0.3, -0.25) is 4.79 Å². The van der Waals surface area contributed by atoms with E-state index in [-0.39, 0.29) is 5.41 Å². The van der Waals surface area contributed by atoms with Crippen molar-refractivity contribution in [3.8, 4) is 5.75 Å². The first kappa shape index (κ1) is 14.5. The minimum atomic E-state index is 0.145. The lowest BCUT2D eigenvalue weighted by atomic mass is 9.56. The fourth-order valence-corrected chi connectivity index (χ4v) is 6.08. The molecule has 116 valence electrons. The molecule has 0 bridgehead atoms. The number of carbonyl (C=O) groups excluding carboxylic acids is 1. The van der Waals surface area contributed by atoms with Crippen LogP contribution in [-0.4, -0.2) is 11.4 Å². The number of phenols is 1. The van der Waals surface area contributed by atoms with Gasteiger partial charge in [-0.25, -0.2) is 0 Å². The molecule has 4 rings (SSSR count). The summed E-state index contributed by atoms with van der Waals surface area (Å²) in [7, 11) is 0. The Bertz CT molecular complexity index is 678. The van der Waals surface area contributed by atoms with Crippen molar-refractivity contribution in [2.45, 2.75) is 44.9 Å². The first-order chi connectivity index (χ1) is 10.5. The number of aryl methyl sites for hydroxylation is 1. The van der Waals surface area contributed by atoms with E-state index in [0.29, 0.717) is 23.5 Å². The summed E-state index contributed by atoms with van der Waals surface area (Å²) in [6, 6.07) is 5.90. The molecule has 1 saturated carbocycles. The number of rotatable bonds is 1. The summed E-state index contributed by atoms with van der Waals surface area (Å²) in [5, 5.41) is 9.73. The first-order valence-corrected chi connectivity index (χ1v) is 9.00. The van der Waals surface area contributed by atoms with Crippen LogP contribution in [0.3, 0.4) is 0 Å². The molecule has 0 aromatic heterocycles. The molecule has 1 aromatic rings. The van der Waals surface area contributed by atoms with Crippen LogP contribution < -0.4 is 0 Å². The zero-order chi connectivity index (χ0) is 15.5. The van der Waals surface area contributed by atoms with Crippen molar-refractivity contribution in [3.63, 3.8) is 0 Å². The number of carbonyl (C=O) groups is 1. The molecule has 0 amide bonds. The summed E-state index contributed by atoms with van der Waals surface area (Å²) in [6.45, 7) is 2.33. The van der Waals surface area contributed by atoms with E-state index in [4.69, 9.17) is 0 Å². The van der Waals surface area contributed by atoms with Crippen LogP contribution in [0.2, 0.25) is 0 Å². The summed E-state index contributed by atoms with van der Waals surface area (Å²) in [4.78, 5) is 11.4. The second-order valence-electron chi connectivity index (χ2n) is 7.42. The molecular weight excluding hydrogens is 340 g/mol. The topological polar surface area (TPSA) is 37.3 Å². The van der Waals surface area contributed by atoms with Gasteiger partial charge in [0.25, 0.3) is 0 Å². The Kier molecular flexibility index (Phi) is 3.26. The molecular formula is C19H21BrO2. The predicted molar refractivity (Wildman–Crippen MR) is 90.1 cm³/mol. The highest BCUT2D eigenvalue weighted by Crippen LogP contribution is 2.63. The number of hydrogen-bond acceptors (Lipinski definition) is 2. The number of hydrogen-bond donors (Lipinski definition) is 1. The van der Waals surface area contributed by atoms with Crippen molar-refractivity contribution < 1.29 is 9.90 Å². The van der Waals surface area contributed by atoms with Gasteiger partial charge in [0.1, 0.15) is 12.0 Å². The van der Waals surface area contributed by atoms with Crippen LogP contribution in [-0.2, 0) is 11.2 Å². The number of halogens is 1. The Hall–Kier alpha value is -1.09. The fourth-order valence-electron chi connectivity index (χ4n) is 5.33. The highest BCUT2D eigenvalue weighted by molar-refractivity contribution is 9.11. The number of phenolic OH excluding ortho intramolecular Hbond substituents is 1. The van der Waals surface area contributed by atoms with Crippen LogP contribution in [0.5, 0.6) is 5.75 Å². The minimum Gasteiger partial charge on any atom is -0.508 e. The van der Waals surface area contributed by atoms with Crippen LogP contribution in [0, 0.1) is 17.3 Å². The van der Waals surface area contributed by atoms with Gasteiger partial charge < -0.3 is 5.11 Å². The average molecular weight is 361 g/mol. The summed E-state index contributed by atoms with van der Waals surface area (Å²) in [5.41, 5.74) is 3.88. The van der Waals surface area contributed by atoms with E-state index < -0.39 is 0 Å². The van der Waals surface area contributed by atoms with Crippen molar-refractivity contribution in [2.24, 2.45) is 17.3 Å². The molecule has 3 aliphatic rings. The number of allylic oxidation sites excluding steroid dienone is 2. The lowest BCUT2D eigenvalue weighted by Crippen LogP contribution is -2.40. The molecule has 1 aromatic carbocycles. The van der Waals surface area contributed by atoms with Crippen molar-refractivity contribution in [1.82, 2.24) is 0 Å². The first-order valence-electron chi connectivity index (χ1n) is 8.20. The van der Waals surface area contributed by atoms with E-state index in [0.717, 1.165) is 35.6 Å². The van der Waals surface area contributed by atoms with Gasteiger partial charge >= 0.3 is 0 Å². The Morgan fingerprint density at radius 2 is 2.18 bits per heavy atom. The fraction of sp³-hybridized carbons (Fsp3) is 0.526. The molecule has 2 nitrogen and oxygen atoms in total. The Balaban J connectivity index is 1.72. The molecule has 0 saturated heterocycles. The SMILES string of the molecule is CC12CCC3c4ccc(O)cc4CCC3C1CC(C=O)=C2Br. The van der Waals surface area contributed by atoms with Crippen molar-refractivity contribution in [1.29, 1.82) is 0 Å². The summed E-state index contributed by atoms with van der Waals surface area (Å²) in [6.07, 6.45) is 6.51. The van der Waals surface area contributed by atoms with E-state index in [1.807, 2.05) is 12.1 Å². The zero-order valence-electron chi connectivity index (χ0n) is 12.8. The second kappa shape index (κ2) is 4.95. The highest BCUT2D eigenvalue weighted by Gasteiger charge is 2.53. The number of fused-ring (bicyclic) bond motifs is 5. The number of aldehydes is 1. The average Bonchev–Trinajstić information content (AvgIpc) is 2.78. The number of benzene rings is 1. The van der Waals surface area contributed by atoms with E-state index in [9.17, 15) is 9.90 Å². The van der Waals surface area contributed by atoms with Gasteiger partial charge in [-0.1, -0.05) is 28.9 Å². The lowest BCUT2D eigenvalue weighted by molar-refractivity contribution is -0.105.